The van der Waals surface area contributed by atoms with Crippen molar-refractivity contribution in [3.8, 4) is 0 Å². The SMILES string of the molecule is F[P-](F)(F)(F)(F)F.F[P-](F)(F)(F)(F)F.[H+].c1ccc2c(c1)nnn2O[P+](N1CCCC1)(N1CCCC1)N1CCCC1. The van der Waals surface area contributed by atoms with Crippen LogP contribution in [0.4, 0.5) is 50.4 Å². The maximum absolute atomic E-state index is 10.7. The summed E-state index contributed by atoms with van der Waals surface area (Å²) < 4.78 is 133. The number of rotatable bonds is 5. The molecule has 7 nitrogen and oxygen atoms in total. The van der Waals surface area contributed by atoms with Gasteiger partial charge in [-0.1, -0.05) is 12.1 Å². The van der Waals surface area contributed by atoms with Gasteiger partial charge in [0.05, 0.1) is 0 Å². The van der Waals surface area contributed by atoms with Crippen molar-refractivity contribution in [3.05, 3.63) is 24.3 Å². The van der Waals surface area contributed by atoms with Crippen LogP contribution >= 0.6 is 23.6 Å². The molecule has 236 valence electrons. The predicted octanol–water partition coefficient (Wildman–Crippen LogP) is 9.70. The van der Waals surface area contributed by atoms with E-state index in [2.05, 4.69) is 30.4 Å². The van der Waals surface area contributed by atoms with Crippen LogP contribution in [0.3, 0.4) is 0 Å². The molecule has 3 saturated heterocycles. The maximum atomic E-state index is 9.87. The number of nitrogens with zero attached hydrogens (tertiary/aromatic N) is 6. The Hall–Kier alpha value is -1.25. The fourth-order valence-electron chi connectivity index (χ4n) is 4.59. The molecule has 0 unspecified atom stereocenters. The number of fused-ring (bicyclic) bond motifs is 1. The number of hydrogen-bond acceptors (Lipinski definition) is 6. The summed E-state index contributed by atoms with van der Waals surface area (Å²) in [6, 6.07) is 8.10. The Balaban J connectivity index is 0.000000329. The van der Waals surface area contributed by atoms with E-state index in [0.29, 0.717) is 0 Å². The van der Waals surface area contributed by atoms with Crippen molar-refractivity contribution < 1.29 is 56.4 Å². The normalized spacial score (nSPS) is 23.3. The van der Waals surface area contributed by atoms with E-state index in [1.54, 1.807) is 4.85 Å². The molecule has 0 amide bonds. The van der Waals surface area contributed by atoms with Crippen molar-refractivity contribution in [2.45, 2.75) is 38.5 Å². The second-order valence-electron chi connectivity index (χ2n) is 9.44. The minimum atomic E-state index is -10.7. The Morgan fingerprint density at radius 3 is 1.27 bits per heavy atom. The molecule has 40 heavy (non-hydrogen) atoms. The standard InChI is InChI=1S/C18H28N6OP.2F6P/c1-2-10-18-17(9-1)19-20-24(18)25-26(21-11-3-4-12-21,22-13-5-6-14-22)23-15-7-8-16-23;2*1-7(2,3,4,5)6/h1-2,9-10H,3-8,11-16H2;;/q+1;2*-1/p+1. The molecular formula is C18H29F12N6OP3. The largest absolute Gasteiger partial charge is 1.00 e. The van der Waals surface area contributed by atoms with E-state index in [9.17, 15) is 50.4 Å². The third-order valence-corrected chi connectivity index (χ3v) is 9.65. The molecule has 0 spiro atoms. The number of hydrogen-bond donors (Lipinski definition) is 0. The third kappa shape index (κ3) is 11.9. The van der Waals surface area contributed by atoms with Crippen molar-refractivity contribution in [1.82, 2.24) is 29.2 Å². The van der Waals surface area contributed by atoms with Gasteiger partial charge in [-0.2, -0.15) is 4.62 Å². The molecule has 4 heterocycles. The molecule has 5 rings (SSSR count). The average Bonchev–Trinajstić information content (AvgIpc) is 3.56. The van der Waals surface area contributed by atoms with Crippen LogP contribution in [0.25, 0.3) is 11.0 Å². The van der Waals surface area contributed by atoms with Crippen LogP contribution in [-0.4, -0.2) is 68.4 Å². The van der Waals surface area contributed by atoms with E-state index in [1.165, 1.54) is 38.5 Å². The molecule has 0 atom stereocenters. The van der Waals surface area contributed by atoms with Gasteiger partial charge in [0.15, 0.2) is 0 Å². The minimum absolute atomic E-state index is 0. The minimum Gasteiger partial charge on any atom is -0.183 e. The van der Waals surface area contributed by atoms with Gasteiger partial charge >= 0.3 is 75.3 Å². The Bertz CT molecular complexity index is 1070. The molecule has 3 aliphatic heterocycles. The van der Waals surface area contributed by atoms with E-state index in [0.717, 1.165) is 50.3 Å². The van der Waals surface area contributed by atoms with Crippen molar-refractivity contribution in [1.29, 1.82) is 0 Å². The van der Waals surface area contributed by atoms with Gasteiger partial charge in [0.2, 0.25) is 0 Å². The van der Waals surface area contributed by atoms with Gasteiger partial charge in [-0.05, 0) is 60.7 Å². The predicted molar refractivity (Wildman–Crippen MR) is 132 cm³/mol. The number of halogens is 12. The third-order valence-electron chi connectivity index (χ3n) is 5.86. The Kier molecular flexibility index (Phi) is 8.23. The molecule has 0 radical (unpaired) electrons. The summed E-state index contributed by atoms with van der Waals surface area (Å²) in [6.07, 6.45) is 7.61. The van der Waals surface area contributed by atoms with Crippen LogP contribution in [0.1, 0.15) is 40.0 Å². The maximum Gasteiger partial charge on any atom is 1.00 e. The fourth-order valence-corrected chi connectivity index (χ4v) is 8.71. The molecule has 0 N–H and O–H groups in total. The Morgan fingerprint density at radius 2 is 0.925 bits per heavy atom. The first kappa shape index (κ1) is 33.3. The second-order valence-corrected chi connectivity index (χ2v) is 16.2. The van der Waals surface area contributed by atoms with E-state index in [-0.39, 0.29) is 1.43 Å². The summed E-state index contributed by atoms with van der Waals surface area (Å²) in [5, 5.41) is 8.72. The van der Waals surface area contributed by atoms with Gasteiger partial charge in [-0.15, -0.1) is 19.1 Å². The van der Waals surface area contributed by atoms with Crippen molar-refractivity contribution in [2.24, 2.45) is 0 Å². The molecule has 3 fully saturated rings. The smallest absolute Gasteiger partial charge is 0.183 e. The van der Waals surface area contributed by atoms with Crippen LogP contribution in [0.5, 0.6) is 0 Å². The molecule has 1 aromatic carbocycles. The van der Waals surface area contributed by atoms with E-state index in [1.807, 2.05) is 18.2 Å². The Labute approximate surface area is 222 Å². The summed E-state index contributed by atoms with van der Waals surface area (Å²) in [4.78, 5) is 1.72. The van der Waals surface area contributed by atoms with Gasteiger partial charge in [0.1, 0.15) is 11.0 Å². The summed E-state index contributed by atoms with van der Waals surface area (Å²) in [7, 11) is -23.4. The van der Waals surface area contributed by atoms with Gasteiger partial charge in [0, 0.05) is 39.3 Å². The average molecular weight is 666 g/mol. The molecule has 1 aromatic heterocycles. The van der Waals surface area contributed by atoms with Crippen molar-refractivity contribution >= 4 is 34.6 Å². The van der Waals surface area contributed by atoms with Crippen molar-refractivity contribution in [2.75, 3.05) is 39.3 Å². The van der Waals surface area contributed by atoms with E-state index < -0.39 is 23.6 Å². The van der Waals surface area contributed by atoms with Crippen molar-refractivity contribution in [3.63, 3.8) is 0 Å². The zero-order valence-electron chi connectivity index (χ0n) is 21.8. The quantitative estimate of drug-likeness (QED) is 0.234. The van der Waals surface area contributed by atoms with E-state index in [4.69, 9.17) is 4.62 Å². The van der Waals surface area contributed by atoms with Gasteiger partial charge in [-0.25, -0.2) is 0 Å². The number of aromatic nitrogens is 3. The summed E-state index contributed by atoms with van der Waals surface area (Å²) >= 11 is 0. The van der Waals surface area contributed by atoms with Crippen LogP contribution in [0.15, 0.2) is 24.3 Å². The van der Waals surface area contributed by atoms with Crippen LogP contribution in [0, 0.1) is 0 Å². The fraction of sp³-hybridized carbons (Fsp3) is 0.667. The molecule has 2 aromatic rings. The van der Waals surface area contributed by atoms with Gasteiger partial charge in [-0.3, -0.25) is 0 Å². The van der Waals surface area contributed by atoms with Crippen LogP contribution < -0.4 is 4.62 Å². The monoisotopic (exact) mass is 666 g/mol. The van der Waals surface area contributed by atoms with Crippen LogP contribution in [-0.2, 0) is 0 Å². The first-order valence-corrected chi connectivity index (χ1v) is 17.7. The molecule has 0 aliphatic carbocycles. The number of para-hydroxylation sites is 1. The summed E-state index contributed by atoms with van der Waals surface area (Å²) in [5.74, 6) is 0. The molecular weight excluding hydrogens is 637 g/mol. The zero-order valence-corrected chi connectivity index (χ0v) is 23.4. The summed E-state index contributed by atoms with van der Waals surface area (Å²) in [5.41, 5.74) is 1.87. The molecule has 0 saturated carbocycles. The second kappa shape index (κ2) is 9.90. The molecule has 0 bridgehead atoms. The van der Waals surface area contributed by atoms with Crippen LogP contribution in [0.2, 0.25) is 0 Å². The van der Waals surface area contributed by atoms with Gasteiger partial charge in [0.25, 0.3) is 0 Å². The topological polar surface area (TPSA) is 49.7 Å². The first-order valence-electron chi connectivity index (χ1n) is 12.1. The molecule has 22 heteroatoms. The Morgan fingerprint density at radius 1 is 0.600 bits per heavy atom. The summed E-state index contributed by atoms with van der Waals surface area (Å²) in [6.45, 7) is 6.79. The molecule has 3 aliphatic rings. The van der Waals surface area contributed by atoms with Gasteiger partial charge < -0.3 is 0 Å². The van der Waals surface area contributed by atoms with E-state index >= 15 is 0 Å². The first-order chi connectivity index (χ1) is 17.8. The number of benzene rings is 1. The zero-order chi connectivity index (χ0) is 30.2.